The molecule has 0 aliphatic rings. The van der Waals surface area contributed by atoms with E-state index in [1.165, 1.54) is 11.8 Å². The molecule has 106 valence electrons. The molecule has 6 heteroatoms. The van der Waals surface area contributed by atoms with Crippen LogP contribution < -0.4 is 5.32 Å². The minimum absolute atomic E-state index is 0.120. The van der Waals surface area contributed by atoms with Gasteiger partial charge in [0, 0.05) is 13.2 Å². The third kappa shape index (κ3) is 4.80. The third-order valence-electron chi connectivity index (χ3n) is 2.71. The molecule has 0 saturated carbocycles. The number of nitrogens with one attached hydrogen (secondary N) is 1. The molecule has 5 nitrogen and oxygen atoms in total. The number of carbonyl (C=O) groups is 1. The number of aliphatic hydroxyl groups is 1. The summed E-state index contributed by atoms with van der Waals surface area (Å²) in [5.74, 6) is 0.562. The van der Waals surface area contributed by atoms with Crippen LogP contribution in [0.4, 0.5) is 0 Å². The maximum Gasteiger partial charge on any atom is 0.255 e. The quantitative estimate of drug-likeness (QED) is 0.452. The van der Waals surface area contributed by atoms with E-state index in [0.717, 1.165) is 24.3 Å². The summed E-state index contributed by atoms with van der Waals surface area (Å²) in [6, 6.07) is 0. The maximum absolute atomic E-state index is 12.1. The van der Waals surface area contributed by atoms with Gasteiger partial charge in [0.2, 0.25) is 0 Å². The van der Waals surface area contributed by atoms with Gasteiger partial charge in [0.15, 0.2) is 0 Å². The lowest BCUT2D eigenvalue weighted by Crippen LogP contribution is -2.26. The third-order valence-corrected chi connectivity index (χ3v) is 3.39. The number of rotatable bonds is 7. The van der Waals surface area contributed by atoms with Gasteiger partial charge in [-0.05, 0) is 39.4 Å². The molecule has 0 bridgehead atoms. The summed E-state index contributed by atoms with van der Waals surface area (Å²) in [6.45, 7) is 4.47. The molecular formula is C13H21N3O2S. The van der Waals surface area contributed by atoms with Gasteiger partial charge in [-0.1, -0.05) is 0 Å². The Morgan fingerprint density at radius 2 is 2.00 bits per heavy atom. The van der Waals surface area contributed by atoms with Crippen molar-refractivity contribution in [3.05, 3.63) is 17.1 Å². The normalized spacial score (nSPS) is 10.5. The fraction of sp³-hybridized carbons (Fsp3) is 0.615. The van der Waals surface area contributed by atoms with Gasteiger partial charge in [-0.2, -0.15) is 0 Å². The second-order valence-corrected chi connectivity index (χ2v) is 5.08. The summed E-state index contributed by atoms with van der Waals surface area (Å²) in [5.41, 5.74) is 1.28. The summed E-state index contributed by atoms with van der Waals surface area (Å²) in [5, 5.41) is 12.3. The molecular weight excluding hydrogens is 262 g/mol. The van der Waals surface area contributed by atoms with E-state index in [4.69, 9.17) is 5.11 Å². The van der Waals surface area contributed by atoms with Crippen LogP contribution in [0.25, 0.3) is 0 Å². The summed E-state index contributed by atoms with van der Waals surface area (Å²) >= 11 is 1.45. The van der Waals surface area contributed by atoms with Gasteiger partial charge in [0.1, 0.15) is 10.9 Å². The Morgan fingerprint density at radius 1 is 1.26 bits per heavy atom. The zero-order chi connectivity index (χ0) is 14.3. The average Bonchev–Trinajstić information content (AvgIpc) is 2.37. The van der Waals surface area contributed by atoms with Gasteiger partial charge >= 0.3 is 0 Å². The highest BCUT2D eigenvalue weighted by atomic mass is 32.2. The van der Waals surface area contributed by atoms with Gasteiger partial charge in [-0.25, -0.2) is 9.97 Å². The van der Waals surface area contributed by atoms with E-state index in [0.29, 0.717) is 23.6 Å². The Hall–Kier alpha value is -1.14. The van der Waals surface area contributed by atoms with Crippen molar-refractivity contribution < 1.29 is 9.90 Å². The van der Waals surface area contributed by atoms with E-state index in [-0.39, 0.29) is 12.5 Å². The minimum atomic E-state index is -0.120. The Bertz CT molecular complexity index is 438. The minimum Gasteiger partial charge on any atom is -0.396 e. The molecule has 1 rings (SSSR count). The van der Waals surface area contributed by atoms with Crippen LogP contribution in [0, 0.1) is 13.8 Å². The number of hydrogen-bond acceptors (Lipinski definition) is 5. The van der Waals surface area contributed by atoms with Crippen molar-refractivity contribution in [1.82, 2.24) is 15.3 Å². The van der Waals surface area contributed by atoms with Crippen LogP contribution in [-0.4, -0.2) is 40.4 Å². The Balaban J connectivity index is 2.66. The van der Waals surface area contributed by atoms with Crippen molar-refractivity contribution in [3.8, 4) is 0 Å². The number of aryl methyl sites for hydroxylation is 2. The molecule has 1 aromatic rings. The number of aromatic nitrogens is 2. The van der Waals surface area contributed by atoms with Crippen LogP contribution in [0.5, 0.6) is 0 Å². The predicted octanol–water partition coefficient (Wildman–Crippen LogP) is 1.71. The molecule has 0 aliphatic heterocycles. The molecule has 2 N–H and O–H groups in total. The molecule has 0 unspecified atom stereocenters. The summed E-state index contributed by atoms with van der Waals surface area (Å²) in [4.78, 5) is 20.7. The van der Waals surface area contributed by atoms with Crippen LogP contribution in [0.15, 0.2) is 5.03 Å². The molecule has 1 heterocycles. The fourth-order valence-electron chi connectivity index (χ4n) is 1.79. The number of hydrogen-bond donors (Lipinski definition) is 2. The smallest absolute Gasteiger partial charge is 0.255 e. The van der Waals surface area contributed by atoms with E-state index >= 15 is 0 Å². The Kier molecular flexibility index (Phi) is 6.80. The van der Waals surface area contributed by atoms with Crippen molar-refractivity contribution in [3.63, 3.8) is 0 Å². The van der Waals surface area contributed by atoms with Crippen molar-refractivity contribution in [2.45, 2.75) is 38.1 Å². The van der Waals surface area contributed by atoms with Crippen LogP contribution in [0.3, 0.4) is 0 Å². The van der Waals surface area contributed by atoms with Crippen molar-refractivity contribution in [2.75, 3.05) is 19.4 Å². The topological polar surface area (TPSA) is 75.1 Å². The second-order valence-electron chi connectivity index (χ2n) is 4.28. The molecule has 1 aromatic heterocycles. The zero-order valence-electron chi connectivity index (χ0n) is 11.7. The fourth-order valence-corrected chi connectivity index (χ4v) is 2.46. The lowest BCUT2D eigenvalue weighted by molar-refractivity contribution is 0.0948. The largest absolute Gasteiger partial charge is 0.396 e. The molecule has 1 amide bonds. The highest BCUT2D eigenvalue weighted by Gasteiger charge is 2.16. The van der Waals surface area contributed by atoms with E-state index in [1.54, 1.807) is 0 Å². The van der Waals surface area contributed by atoms with Crippen LogP contribution in [-0.2, 0) is 0 Å². The number of thioether (sulfide) groups is 1. The first kappa shape index (κ1) is 15.9. The van der Waals surface area contributed by atoms with Gasteiger partial charge in [0.05, 0.1) is 11.3 Å². The molecule has 0 atom stereocenters. The SMILES string of the molecule is CSc1nc(C)nc(C)c1C(=O)NCCCCCO. The lowest BCUT2D eigenvalue weighted by atomic mass is 10.2. The Labute approximate surface area is 118 Å². The van der Waals surface area contributed by atoms with Crippen LogP contribution >= 0.6 is 11.8 Å². The van der Waals surface area contributed by atoms with Gasteiger partial charge < -0.3 is 10.4 Å². The molecule has 0 fully saturated rings. The molecule has 0 aromatic carbocycles. The highest BCUT2D eigenvalue weighted by molar-refractivity contribution is 7.98. The van der Waals surface area contributed by atoms with E-state index < -0.39 is 0 Å². The van der Waals surface area contributed by atoms with E-state index in [2.05, 4.69) is 15.3 Å². The van der Waals surface area contributed by atoms with E-state index in [9.17, 15) is 4.79 Å². The summed E-state index contributed by atoms with van der Waals surface area (Å²) in [7, 11) is 0. The first-order valence-electron chi connectivity index (χ1n) is 6.38. The standard InChI is InChI=1S/C13H21N3O2S/c1-9-11(13(19-3)16-10(2)15-9)12(18)14-7-5-4-6-8-17/h17H,4-8H2,1-3H3,(H,14,18). The number of aliphatic hydroxyl groups excluding tert-OH is 1. The molecule has 0 radical (unpaired) electrons. The molecule has 19 heavy (non-hydrogen) atoms. The van der Waals surface area contributed by atoms with Crippen molar-refractivity contribution in [2.24, 2.45) is 0 Å². The first-order valence-corrected chi connectivity index (χ1v) is 7.61. The van der Waals surface area contributed by atoms with Gasteiger partial charge in [-0.3, -0.25) is 4.79 Å². The van der Waals surface area contributed by atoms with Crippen molar-refractivity contribution in [1.29, 1.82) is 0 Å². The predicted molar refractivity (Wildman–Crippen MR) is 76.6 cm³/mol. The first-order chi connectivity index (χ1) is 9.10. The highest BCUT2D eigenvalue weighted by Crippen LogP contribution is 2.20. The number of unbranched alkanes of at least 4 members (excludes halogenated alkanes) is 2. The number of amides is 1. The van der Waals surface area contributed by atoms with Crippen LogP contribution in [0.1, 0.15) is 41.1 Å². The van der Waals surface area contributed by atoms with E-state index in [1.807, 2.05) is 20.1 Å². The molecule has 0 saturated heterocycles. The molecule has 0 aliphatic carbocycles. The Morgan fingerprint density at radius 3 is 2.63 bits per heavy atom. The second kappa shape index (κ2) is 8.12. The zero-order valence-corrected chi connectivity index (χ0v) is 12.5. The van der Waals surface area contributed by atoms with Crippen molar-refractivity contribution >= 4 is 17.7 Å². The molecule has 0 spiro atoms. The van der Waals surface area contributed by atoms with Gasteiger partial charge in [0.25, 0.3) is 5.91 Å². The summed E-state index contributed by atoms with van der Waals surface area (Å²) in [6.07, 6.45) is 4.46. The average molecular weight is 283 g/mol. The maximum atomic E-state index is 12.1. The number of nitrogens with zero attached hydrogens (tertiary/aromatic N) is 2. The number of carbonyl (C=O) groups excluding carboxylic acids is 1. The summed E-state index contributed by atoms with van der Waals surface area (Å²) < 4.78 is 0. The van der Waals surface area contributed by atoms with Gasteiger partial charge in [-0.15, -0.1) is 11.8 Å². The van der Waals surface area contributed by atoms with Crippen LogP contribution in [0.2, 0.25) is 0 Å². The lowest BCUT2D eigenvalue weighted by Gasteiger charge is -2.11. The monoisotopic (exact) mass is 283 g/mol.